The summed E-state index contributed by atoms with van der Waals surface area (Å²) in [5.74, 6) is 1.74. The number of amides is 1. The molecule has 31 heavy (non-hydrogen) atoms. The van der Waals surface area contributed by atoms with Gasteiger partial charge < -0.3 is 14.8 Å². The van der Waals surface area contributed by atoms with Gasteiger partial charge in [0.15, 0.2) is 5.79 Å². The van der Waals surface area contributed by atoms with Gasteiger partial charge in [0, 0.05) is 24.8 Å². The lowest BCUT2D eigenvalue weighted by atomic mass is 9.68. The first kappa shape index (κ1) is 26.6. The second-order valence-electron chi connectivity index (χ2n) is 12.7. The maximum atomic E-state index is 12.7. The molecule has 4 nitrogen and oxygen atoms in total. The summed E-state index contributed by atoms with van der Waals surface area (Å²) >= 11 is 0. The Morgan fingerprint density at radius 2 is 1.77 bits per heavy atom. The zero-order chi connectivity index (χ0) is 23.4. The number of hydrogen-bond donors (Lipinski definition) is 1. The molecule has 5 heteroatoms. The first-order valence-corrected chi connectivity index (χ1v) is 16.0. The molecule has 0 radical (unpaired) electrons. The molecule has 0 aromatic heterocycles. The van der Waals surface area contributed by atoms with Crippen LogP contribution in [0.1, 0.15) is 73.6 Å². The highest BCUT2D eigenvalue weighted by molar-refractivity contribution is 6.81. The van der Waals surface area contributed by atoms with Crippen molar-refractivity contribution in [3.05, 3.63) is 11.3 Å². The zero-order valence-electron chi connectivity index (χ0n) is 21.8. The summed E-state index contributed by atoms with van der Waals surface area (Å²) in [5, 5.41) is 3.14. The third-order valence-electron chi connectivity index (χ3n) is 6.74. The van der Waals surface area contributed by atoms with Crippen LogP contribution in [-0.2, 0) is 14.3 Å². The predicted octanol–water partition coefficient (Wildman–Crippen LogP) is 6.18. The Balaban J connectivity index is 2.13. The van der Waals surface area contributed by atoms with E-state index < -0.39 is 13.9 Å². The highest BCUT2D eigenvalue weighted by Crippen LogP contribution is 2.44. The third-order valence-corrected chi connectivity index (χ3v) is 7.94. The van der Waals surface area contributed by atoms with Crippen LogP contribution < -0.4 is 5.32 Å². The van der Waals surface area contributed by atoms with Crippen LogP contribution in [0.15, 0.2) is 11.3 Å². The van der Waals surface area contributed by atoms with Crippen LogP contribution in [0.4, 0.5) is 0 Å². The van der Waals surface area contributed by atoms with Gasteiger partial charge in [-0.1, -0.05) is 65.5 Å². The van der Waals surface area contributed by atoms with E-state index in [0.717, 1.165) is 39.0 Å². The van der Waals surface area contributed by atoms with Gasteiger partial charge in [0.05, 0.1) is 21.3 Å². The van der Waals surface area contributed by atoms with Crippen LogP contribution in [0, 0.1) is 29.1 Å². The fourth-order valence-corrected chi connectivity index (χ4v) is 6.26. The molecule has 0 aromatic rings. The molecule has 1 N–H and O–H groups in total. The minimum Gasteiger partial charge on any atom is -0.356 e. The molecule has 1 aliphatic carbocycles. The van der Waals surface area contributed by atoms with Crippen molar-refractivity contribution in [1.82, 2.24) is 5.32 Å². The Kier molecular flexibility index (Phi) is 9.03. The van der Waals surface area contributed by atoms with Crippen molar-refractivity contribution < 1.29 is 14.3 Å². The van der Waals surface area contributed by atoms with Gasteiger partial charge in [-0.05, 0) is 49.9 Å². The first-order valence-electron chi connectivity index (χ1n) is 12.5. The molecule has 2 fully saturated rings. The Morgan fingerprint density at radius 1 is 1.16 bits per heavy atom. The van der Waals surface area contributed by atoms with E-state index in [4.69, 9.17) is 9.47 Å². The second-order valence-corrected chi connectivity index (χ2v) is 17.7. The lowest BCUT2D eigenvalue weighted by molar-refractivity contribution is -0.293. The van der Waals surface area contributed by atoms with Gasteiger partial charge >= 0.3 is 0 Å². The van der Waals surface area contributed by atoms with Gasteiger partial charge in [-0.15, -0.1) is 0 Å². The topological polar surface area (TPSA) is 47.6 Å². The third kappa shape index (κ3) is 8.66. The summed E-state index contributed by atoms with van der Waals surface area (Å²) in [5.41, 5.74) is 4.24. The van der Waals surface area contributed by atoms with Gasteiger partial charge in [0.1, 0.15) is 0 Å². The summed E-state index contributed by atoms with van der Waals surface area (Å²) < 4.78 is 12.4. The van der Waals surface area contributed by atoms with Crippen LogP contribution in [0.5, 0.6) is 0 Å². The van der Waals surface area contributed by atoms with Crippen molar-refractivity contribution in [2.45, 2.75) is 99.1 Å². The molecule has 180 valence electrons. The van der Waals surface area contributed by atoms with Crippen molar-refractivity contribution in [3.63, 3.8) is 0 Å². The number of hydrogen-bond acceptors (Lipinski definition) is 3. The molecule has 1 aliphatic heterocycles. The summed E-state index contributed by atoms with van der Waals surface area (Å²) in [6.45, 7) is 22.7. The van der Waals surface area contributed by atoms with Crippen molar-refractivity contribution in [1.29, 1.82) is 0 Å². The summed E-state index contributed by atoms with van der Waals surface area (Å²) in [6, 6.07) is 0. The molecule has 2 aliphatic rings. The molecular formula is C26H49NO3Si. The maximum absolute atomic E-state index is 12.7. The SMILES string of the molecule is CC(C)CNC(=O)C[C@@H]1CC[C@@H](C)[C@H](CCC2(C)OCC(C)(C)CO2)/C1=C\[Si](C)(C)C. The Hall–Kier alpha value is -0.653. The van der Waals surface area contributed by atoms with Crippen molar-refractivity contribution in [2.75, 3.05) is 19.8 Å². The standard InChI is InChI=1S/C26H49NO3Si/c1-19(2)15-27-24(28)14-21-11-10-20(3)22(23(21)16-31(7,8)9)12-13-26(6)29-17-25(4,5)18-30-26/h16,19-22H,10-15,17-18H2,1-9H3,(H,27,28)/b23-16-/t20-,21+,22+/m1/s1. The molecule has 1 heterocycles. The number of ether oxygens (including phenoxy) is 2. The fraction of sp³-hybridized carbons (Fsp3) is 0.885. The minimum atomic E-state index is -1.41. The lowest BCUT2D eigenvalue weighted by Gasteiger charge is -2.44. The highest BCUT2D eigenvalue weighted by Gasteiger charge is 2.40. The van der Waals surface area contributed by atoms with E-state index in [1.54, 1.807) is 5.57 Å². The molecule has 1 amide bonds. The molecule has 0 spiro atoms. The average Bonchev–Trinajstić information content (AvgIpc) is 2.64. The molecule has 1 saturated heterocycles. The van der Waals surface area contributed by atoms with E-state index >= 15 is 0 Å². The average molecular weight is 452 g/mol. The number of rotatable bonds is 8. The Morgan fingerprint density at radius 3 is 2.32 bits per heavy atom. The highest BCUT2D eigenvalue weighted by atomic mass is 28.3. The van der Waals surface area contributed by atoms with Crippen molar-refractivity contribution in [2.24, 2.45) is 29.1 Å². The van der Waals surface area contributed by atoms with Crippen molar-refractivity contribution in [3.8, 4) is 0 Å². The lowest BCUT2D eigenvalue weighted by Crippen LogP contribution is -2.46. The first-order chi connectivity index (χ1) is 14.2. The molecular weight excluding hydrogens is 402 g/mol. The largest absolute Gasteiger partial charge is 0.356 e. The summed E-state index contributed by atoms with van der Waals surface area (Å²) in [7, 11) is -1.41. The Bertz CT molecular complexity index is 625. The zero-order valence-corrected chi connectivity index (χ0v) is 22.8. The van der Waals surface area contributed by atoms with Crippen LogP contribution in [-0.4, -0.2) is 39.5 Å². The van der Waals surface area contributed by atoms with Gasteiger partial charge in [0.25, 0.3) is 0 Å². The van der Waals surface area contributed by atoms with Crippen LogP contribution in [0.25, 0.3) is 0 Å². The van der Waals surface area contributed by atoms with Gasteiger partial charge in [0.2, 0.25) is 5.91 Å². The summed E-state index contributed by atoms with van der Waals surface area (Å²) in [4.78, 5) is 12.7. The number of carbonyl (C=O) groups excluding carboxylic acids is 1. The van der Waals surface area contributed by atoms with E-state index in [9.17, 15) is 4.79 Å². The molecule has 0 bridgehead atoms. The molecule has 3 atom stereocenters. The minimum absolute atomic E-state index is 0.0922. The van der Waals surface area contributed by atoms with Gasteiger partial charge in [-0.3, -0.25) is 4.79 Å². The molecule has 2 rings (SSSR count). The van der Waals surface area contributed by atoms with Crippen LogP contribution in [0.3, 0.4) is 0 Å². The number of allylic oxidation sites excluding steroid dienone is 1. The fourth-order valence-electron chi connectivity index (χ4n) is 4.81. The monoisotopic (exact) mass is 451 g/mol. The van der Waals surface area contributed by atoms with Crippen molar-refractivity contribution >= 4 is 14.0 Å². The number of carbonyl (C=O) groups is 1. The molecule has 0 aromatic carbocycles. The van der Waals surface area contributed by atoms with E-state index in [1.807, 2.05) is 0 Å². The van der Waals surface area contributed by atoms with Crippen LogP contribution in [0.2, 0.25) is 19.6 Å². The predicted molar refractivity (Wildman–Crippen MR) is 133 cm³/mol. The smallest absolute Gasteiger partial charge is 0.220 e. The molecule has 0 unspecified atom stereocenters. The quantitative estimate of drug-likeness (QED) is 0.448. The van der Waals surface area contributed by atoms with E-state index in [-0.39, 0.29) is 11.3 Å². The van der Waals surface area contributed by atoms with E-state index in [1.165, 1.54) is 6.42 Å². The number of nitrogens with one attached hydrogen (secondary N) is 1. The van der Waals surface area contributed by atoms with E-state index in [0.29, 0.717) is 30.1 Å². The Labute approximate surface area is 192 Å². The normalized spacial score (nSPS) is 29.9. The molecule has 1 saturated carbocycles. The van der Waals surface area contributed by atoms with E-state index in [2.05, 4.69) is 72.2 Å². The maximum Gasteiger partial charge on any atom is 0.220 e. The van der Waals surface area contributed by atoms with Crippen LogP contribution >= 0.6 is 0 Å². The second kappa shape index (κ2) is 10.5. The van der Waals surface area contributed by atoms with Gasteiger partial charge in [-0.25, -0.2) is 0 Å². The van der Waals surface area contributed by atoms with Gasteiger partial charge in [-0.2, -0.15) is 0 Å². The summed E-state index contributed by atoms with van der Waals surface area (Å²) in [6.07, 6.45) is 4.93.